The standard InChI is InChI=1S/C15H23N3/c1-15(2,3)18-14(16-4)17-13-10-12(13)11-8-6-5-7-9-11/h5-9,12-13H,10H2,1-4H3,(H2,16,17,18). The molecular formula is C15H23N3. The van der Waals surface area contributed by atoms with Crippen molar-refractivity contribution in [2.75, 3.05) is 7.05 Å². The van der Waals surface area contributed by atoms with Gasteiger partial charge in [-0.3, -0.25) is 4.99 Å². The lowest BCUT2D eigenvalue weighted by molar-refractivity contribution is 0.501. The van der Waals surface area contributed by atoms with Gasteiger partial charge in [0.1, 0.15) is 0 Å². The molecule has 1 aromatic rings. The number of hydrogen-bond donors (Lipinski definition) is 2. The van der Waals surface area contributed by atoms with Crippen LogP contribution < -0.4 is 10.6 Å². The summed E-state index contributed by atoms with van der Waals surface area (Å²) in [6.07, 6.45) is 1.19. The van der Waals surface area contributed by atoms with Crippen molar-refractivity contribution in [1.29, 1.82) is 0 Å². The van der Waals surface area contributed by atoms with Crippen molar-refractivity contribution in [3.8, 4) is 0 Å². The van der Waals surface area contributed by atoms with E-state index in [2.05, 4.69) is 66.7 Å². The molecule has 3 heteroatoms. The molecule has 2 rings (SSSR count). The van der Waals surface area contributed by atoms with Gasteiger partial charge in [0.25, 0.3) is 0 Å². The molecule has 0 amide bonds. The topological polar surface area (TPSA) is 36.4 Å². The lowest BCUT2D eigenvalue weighted by Crippen LogP contribution is -2.48. The monoisotopic (exact) mass is 245 g/mol. The van der Waals surface area contributed by atoms with Crippen LogP contribution >= 0.6 is 0 Å². The van der Waals surface area contributed by atoms with Crippen LogP contribution in [0.1, 0.15) is 38.7 Å². The molecule has 2 atom stereocenters. The Kier molecular flexibility index (Phi) is 3.60. The summed E-state index contributed by atoms with van der Waals surface area (Å²) in [7, 11) is 1.82. The molecule has 0 radical (unpaired) electrons. The number of aliphatic imine (C=N–C) groups is 1. The van der Waals surface area contributed by atoms with Gasteiger partial charge >= 0.3 is 0 Å². The first kappa shape index (κ1) is 12.9. The van der Waals surface area contributed by atoms with Gasteiger partial charge in [-0.1, -0.05) is 30.3 Å². The minimum atomic E-state index is 0.0407. The summed E-state index contributed by atoms with van der Waals surface area (Å²) in [5.74, 6) is 1.52. The average molecular weight is 245 g/mol. The smallest absolute Gasteiger partial charge is 0.191 e. The zero-order valence-electron chi connectivity index (χ0n) is 11.7. The van der Waals surface area contributed by atoms with E-state index in [9.17, 15) is 0 Å². The van der Waals surface area contributed by atoms with E-state index in [-0.39, 0.29) is 5.54 Å². The summed E-state index contributed by atoms with van der Waals surface area (Å²) in [6.45, 7) is 6.42. The van der Waals surface area contributed by atoms with Crippen molar-refractivity contribution in [2.24, 2.45) is 4.99 Å². The largest absolute Gasteiger partial charge is 0.353 e. The van der Waals surface area contributed by atoms with E-state index >= 15 is 0 Å². The number of guanidine groups is 1. The quantitative estimate of drug-likeness (QED) is 0.620. The second-order valence-corrected chi connectivity index (χ2v) is 5.95. The first-order valence-corrected chi connectivity index (χ1v) is 6.56. The number of hydrogen-bond acceptors (Lipinski definition) is 1. The molecular weight excluding hydrogens is 222 g/mol. The summed E-state index contributed by atoms with van der Waals surface area (Å²) in [5.41, 5.74) is 1.46. The van der Waals surface area contributed by atoms with Crippen LogP contribution in [0.5, 0.6) is 0 Å². The fourth-order valence-electron chi connectivity index (χ4n) is 2.11. The van der Waals surface area contributed by atoms with Crippen LogP contribution in [0, 0.1) is 0 Å². The van der Waals surface area contributed by atoms with Gasteiger partial charge in [-0.15, -0.1) is 0 Å². The van der Waals surface area contributed by atoms with Gasteiger partial charge < -0.3 is 10.6 Å². The first-order valence-electron chi connectivity index (χ1n) is 6.56. The Morgan fingerprint density at radius 1 is 1.22 bits per heavy atom. The Balaban J connectivity index is 1.89. The molecule has 1 fully saturated rings. The average Bonchev–Trinajstić information content (AvgIpc) is 3.07. The van der Waals surface area contributed by atoms with Crippen LogP contribution in [0.3, 0.4) is 0 Å². The summed E-state index contributed by atoms with van der Waals surface area (Å²) < 4.78 is 0. The van der Waals surface area contributed by atoms with Crippen LogP contribution in [-0.2, 0) is 0 Å². The Morgan fingerprint density at radius 2 is 1.89 bits per heavy atom. The highest BCUT2D eigenvalue weighted by atomic mass is 15.2. The van der Waals surface area contributed by atoms with Gasteiger partial charge in [0, 0.05) is 24.5 Å². The first-order chi connectivity index (χ1) is 8.49. The van der Waals surface area contributed by atoms with Crippen molar-refractivity contribution in [2.45, 2.75) is 44.7 Å². The van der Waals surface area contributed by atoms with Crippen LogP contribution in [-0.4, -0.2) is 24.6 Å². The van der Waals surface area contributed by atoms with E-state index in [1.54, 1.807) is 0 Å². The number of nitrogens with zero attached hydrogens (tertiary/aromatic N) is 1. The van der Waals surface area contributed by atoms with Crippen LogP contribution in [0.4, 0.5) is 0 Å². The normalized spacial score (nSPS) is 23.7. The molecule has 2 unspecified atom stereocenters. The molecule has 1 aromatic carbocycles. The Bertz CT molecular complexity index is 417. The third kappa shape index (κ3) is 3.49. The predicted octanol–water partition coefficient (Wildman–Crippen LogP) is 2.51. The maximum absolute atomic E-state index is 4.28. The minimum absolute atomic E-state index is 0.0407. The van der Waals surface area contributed by atoms with E-state index in [1.807, 2.05) is 7.05 Å². The van der Waals surface area contributed by atoms with Crippen molar-refractivity contribution in [1.82, 2.24) is 10.6 Å². The highest BCUT2D eigenvalue weighted by molar-refractivity contribution is 5.81. The van der Waals surface area contributed by atoms with E-state index < -0.39 is 0 Å². The maximum Gasteiger partial charge on any atom is 0.191 e. The molecule has 3 nitrogen and oxygen atoms in total. The van der Waals surface area contributed by atoms with Gasteiger partial charge in [0.2, 0.25) is 0 Å². The highest BCUT2D eigenvalue weighted by Gasteiger charge is 2.39. The van der Waals surface area contributed by atoms with E-state index in [1.165, 1.54) is 12.0 Å². The Labute approximate surface area is 110 Å². The number of nitrogens with one attached hydrogen (secondary N) is 2. The molecule has 0 heterocycles. The third-order valence-corrected chi connectivity index (χ3v) is 3.06. The van der Waals surface area contributed by atoms with Crippen LogP contribution in [0.25, 0.3) is 0 Å². The summed E-state index contributed by atoms with van der Waals surface area (Å²) >= 11 is 0. The van der Waals surface area contributed by atoms with Crippen LogP contribution in [0.15, 0.2) is 35.3 Å². The van der Waals surface area contributed by atoms with Gasteiger partial charge in [-0.2, -0.15) is 0 Å². The molecule has 0 bridgehead atoms. The van der Waals surface area contributed by atoms with E-state index in [0.29, 0.717) is 12.0 Å². The fourth-order valence-corrected chi connectivity index (χ4v) is 2.11. The SMILES string of the molecule is CN=C(NC1CC1c1ccccc1)NC(C)(C)C. The molecule has 18 heavy (non-hydrogen) atoms. The van der Waals surface area contributed by atoms with E-state index in [4.69, 9.17) is 0 Å². The molecule has 98 valence electrons. The summed E-state index contributed by atoms with van der Waals surface area (Å²) in [5, 5.41) is 6.87. The molecule has 0 aliphatic heterocycles. The van der Waals surface area contributed by atoms with Crippen molar-refractivity contribution >= 4 is 5.96 Å². The van der Waals surface area contributed by atoms with Crippen molar-refractivity contribution < 1.29 is 0 Å². The van der Waals surface area contributed by atoms with Gasteiger partial charge in [-0.25, -0.2) is 0 Å². The molecule has 1 saturated carbocycles. The second kappa shape index (κ2) is 5.01. The highest BCUT2D eigenvalue weighted by Crippen LogP contribution is 2.40. The lowest BCUT2D eigenvalue weighted by atomic mass is 10.1. The zero-order chi connectivity index (χ0) is 13.2. The van der Waals surface area contributed by atoms with Crippen LogP contribution in [0.2, 0.25) is 0 Å². The second-order valence-electron chi connectivity index (χ2n) is 5.95. The van der Waals surface area contributed by atoms with Gasteiger partial charge in [0.15, 0.2) is 5.96 Å². The predicted molar refractivity (Wildman–Crippen MR) is 77.0 cm³/mol. The van der Waals surface area contributed by atoms with E-state index in [0.717, 1.165) is 5.96 Å². The van der Waals surface area contributed by atoms with Crippen molar-refractivity contribution in [3.63, 3.8) is 0 Å². The molecule has 1 aliphatic carbocycles. The van der Waals surface area contributed by atoms with Gasteiger partial charge in [-0.05, 0) is 32.8 Å². The molecule has 2 N–H and O–H groups in total. The number of benzene rings is 1. The number of rotatable bonds is 2. The fraction of sp³-hybridized carbons (Fsp3) is 0.533. The molecule has 0 spiro atoms. The van der Waals surface area contributed by atoms with Gasteiger partial charge in [0.05, 0.1) is 0 Å². The Morgan fingerprint density at radius 3 is 2.44 bits per heavy atom. The minimum Gasteiger partial charge on any atom is -0.353 e. The molecule has 0 saturated heterocycles. The lowest BCUT2D eigenvalue weighted by Gasteiger charge is -2.23. The zero-order valence-corrected chi connectivity index (χ0v) is 11.7. The van der Waals surface area contributed by atoms with Crippen molar-refractivity contribution in [3.05, 3.63) is 35.9 Å². The maximum atomic E-state index is 4.28. The molecule has 0 aromatic heterocycles. The molecule has 1 aliphatic rings. The summed E-state index contributed by atoms with van der Waals surface area (Å²) in [4.78, 5) is 4.28. The third-order valence-electron chi connectivity index (χ3n) is 3.06. The summed E-state index contributed by atoms with van der Waals surface area (Å²) in [6, 6.07) is 11.2. The Hall–Kier alpha value is -1.51.